The second kappa shape index (κ2) is 5.72. The Labute approximate surface area is 88.1 Å². The van der Waals surface area contributed by atoms with E-state index in [4.69, 9.17) is 0 Å². The lowest BCUT2D eigenvalue weighted by Gasteiger charge is -2.20. The maximum absolute atomic E-state index is 9.18. The van der Waals surface area contributed by atoms with Crippen LogP contribution in [0.2, 0.25) is 0 Å². The Morgan fingerprint density at radius 3 is 2.50 bits per heavy atom. The van der Waals surface area contributed by atoms with E-state index in [1.165, 1.54) is 38.5 Å². The summed E-state index contributed by atoms with van der Waals surface area (Å²) >= 11 is 0. The van der Waals surface area contributed by atoms with Crippen molar-refractivity contribution in [3.8, 4) is 0 Å². The molecule has 0 spiro atoms. The summed E-state index contributed by atoms with van der Waals surface area (Å²) in [6.45, 7) is 5.87. The lowest BCUT2D eigenvalue weighted by molar-refractivity contribution is 0.202. The fraction of sp³-hybridized carbons (Fsp3) is 1.00. The van der Waals surface area contributed by atoms with Gasteiger partial charge in [0, 0.05) is 24.6 Å². The molecule has 0 heterocycles. The summed E-state index contributed by atoms with van der Waals surface area (Å²) in [6.07, 6.45) is 7.51. The molecule has 0 aromatic heterocycles. The summed E-state index contributed by atoms with van der Waals surface area (Å²) in [5.41, 5.74) is 0.264. The molecule has 0 saturated heterocycles. The zero-order valence-corrected chi connectivity index (χ0v) is 9.68. The highest BCUT2D eigenvalue weighted by Gasteiger charge is 2.41. The van der Waals surface area contributed by atoms with Gasteiger partial charge in [-0.25, -0.2) is 0 Å². The Bertz CT molecular complexity index is 154. The molecular formula is C12H25NO. The number of hydrogen-bond acceptors (Lipinski definition) is 2. The molecule has 1 saturated carbocycles. The molecule has 2 N–H and O–H groups in total. The van der Waals surface area contributed by atoms with Crippen molar-refractivity contribution in [2.45, 2.75) is 58.4 Å². The van der Waals surface area contributed by atoms with E-state index in [-0.39, 0.29) is 5.41 Å². The Morgan fingerprint density at radius 1 is 1.36 bits per heavy atom. The molecule has 2 heteroatoms. The van der Waals surface area contributed by atoms with Crippen LogP contribution in [-0.2, 0) is 0 Å². The van der Waals surface area contributed by atoms with Crippen LogP contribution in [-0.4, -0.2) is 24.3 Å². The van der Waals surface area contributed by atoms with Crippen molar-refractivity contribution in [2.75, 3.05) is 13.2 Å². The predicted octanol–water partition coefficient (Wildman–Crippen LogP) is 2.32. The van der Waals surface area contributed by atoms with Crippen LogP contribution in [0.25, 0.3) is 0 Å². The molecule has 1 aliphatic carbocycles. The number of aliphatic hydroxyl groups excluding tert-OH is 1. The summed E-state index contributed by atoms with van der Waals surface area (Å²) in [5, 5.41) is 12.8. The topological polar surface area (TPSA) is 32.3 Å². The molecule has 1 fully saturated rings. The van der Waals surface area contributed by atoms with Gasteiger partial charge in [0.15, 0.2) is 0 Å². The summed E-state index contributed by atoms with van der Waals surface area (Å²) < 4.78 is 0. The van der Waals surface area contributed by atoms with Crippen molar-refractivity contribution < 1.29 is 5.11 Å². The molecule has 14 heavy (non-hydrogen) atoms. The molecule has 0 aromatic carbocycles. The summed E-state index contributed by atoms with van der Waals surface area (Å²) in [4.78, 5) is 0. The third-order valence-corrected chi connectivity index (χ3v) is 3.46. The Kier molecular flexibility index (Phi) is 4.90. The van der Waals surface area contributed by atoms with Gasteiger partial charge in [0.25, 0.3) is 0 Å². The smallest absolute Gasteiger partial charge is 0.0499 e. The first-order chi connectivity index (χ1) is 6.76. The molecule has 0 bridgehead atoms. The van der Waals surface area contributed by atoms with Crippen molar-refractivity contribution in [1.29, 1.82) is 0 Å². The molecule has 1 atom stereocenters. The van der Waals surface area contributed by atoms with Gasteiger partial charge in [0.2, 0.25) is 0 Å². The van der Waals surface area contributed by atoms with Crippen molar-refractivity contribution in [3.63, 3.8) is 0 Å². The number of rotatable bonds is 8. The number of aliphatic hydroxyl groups is 1. The van der Waals surface area contributed by atoms with Gasteiger partial charge in [0.05, 0.1) is 0 Å². The SMILES string of the molecule is CCCCC(CC)NCC1(CO)CC1. The highest BCUT2D eigenvalue weighted by Crippen LogP contribution is 2.44. The van der Waals surface area contributed by atoms with Gasteiger partial charge in [-0.15, -0.1) is 0 Å². The molecule has 0 aliphatic heterocycles. The van der Waals surface area contributed by atoms with Gasteiger partial charge in [-0.3, -0.25) is 0 Å². The number of hydrogen-bond donors (Lipinski definition) is 2. The molecule has 0 aromatic rings. The van der Waals surface area contributed by atoms with Crippen LogP contribution in [0.5, 0.6) is 0 Å². The Morgan fingerprint density at radius 2 is 2.07 bits per heavy atom. The van der Waals surface area contributed by atoms with E-state index in [1.807, 2.05) is 0 Å². The lowest BCUT2D eigenvalue weighted by atomic mass is 10.0. The van der Waals surface area contributed by atoms with Crippen LogP contribution in [0.15, 0.2) is 0 Å². The van der Waals surface area contributed by atoms with E-state index in [2.05, 4.69) is 19.2 Å². The second-order valence-corrected chi connectivity index (χ2v) is 4.79. The van der Waals surface area contributed by atoms with Crippen LogP contribution in [0.1, 0.15) is 52.4 Å². The van der Waals surface area contributed by atoms with Crippen LogP contribution < -0.4 is 5.32 Å². The third kappa shape index (κ3) is 3.58. The monoisotopic (exact) mass is 199 g/mol. The standard InChI is InChI=1S/C12H25NO/c1-3-5-6-11(4-2)13-9-12(10-14)7-8-12/h11,13-14H,3-10H2,1-2H3. The highest BCUT2D eigenvalue weighted by molar-refractivity contribution is 4.94. The van der Waals surface area contributed by atoms with E-state index >= 15 is 0 Å². The van der Waals surface area contributed by atoms with Gasteiger partial charge >= 0.3 is 0 Å². The summed E-state index contributed by atoms with van der Waals surface area (Å²) in [7, 11) is 0. The van der Waals surface area contributed by atoms with Gasteiger partial charge < -0.3 is 10.4 Å². The van der Waals surface area contributed by atoms with Crippen molar-refractivity contribution in [2.24, 2.45) is 5.41 Å². The van der Waals surface area contributed by atoms with Crippen LogP contribution in [0.4, 0.5) is 0 Å². The Hall–Kier alpha value is -0.0800. The molecule has 84 valence electrons. The maximum atomic E-state index is 9.18. The molecule has 0 amide bonds. The average Bonchev–Trinajstić information content (AvgIpc) is 2.99. The minimum atomic E-state index is 0.264. The second-order valence-electron chi connectivity index (χ2n) is 4.79. The predicted molar refractivity (Wildman–Crippen MR) is 60.4 cm³/mol. The summed E-state index contributed by atoms with van der Waals surface area (Å²) in [5.74, 6) is 0. The number of unbranched alkanes of at least 4 members (excludes halogenated alkanes) is 1. The first kappa shape index (κ1) is 12.0. The fourth-order valence-corrected chi connectivity index (χ4v) is 1.83. The van der Waals surface area contributed by atoms with Crippen LogP contribution >= 0.6 is 0 Å². The minimum absolute atomic E-state index is 0.264. The number of nitrogens with one attached hydrogen (secondary N) is 1. The average molecular weight is 199 g/mol. The van der Waals surface area contributed by atoms with Gasteiger partial charge in [-0.05, 0) is 25.7 Å². The maximum Gasteiger partial charge on any atom is 0.0499 e. The van der Waals surface area contributed by atoms with Crippen LogP contribution in [0.3, 0.4) is 0 Å². The normalized spacial score (nSPS) is 20.8. The lowest BCUT2D eigenvalue weighted by Crippen LogP contribution is -2.35. The van der Waals surface area contributed by atoms with Gasteiger partial charge in [0.1, 0.15) is 0 Å². The zero-order chi connectivity index (χ0) is 10.4. The van der Waals surface area contributed by atoms with Crippen molar-refractivity contribution in [3.05, 3.63) is 0 Å². The fourth-order valence-electron chi connectivity index (χ4n) is 1.83. The van der Waals surface area contributed by atoms with Crippen molar-refractivity contribution >= 4 is 0 Å². The van der Waals surface area contributed by atoms with Gasteiger partial charge in [-0.1, -0.05) is 26.7 Å². The first-order valence-electron chi connectivity index (χ1n) is 6.10. The van der Waals surface area contributed by atoms with Crippen LogP contribution in [0, 0.1) is 5.41 Å². The zero-order valence-electron chi connectivity index (χ0n) is 9.68. The van der Waals surface area contributed by atoms with E-state index in [9.17, 15) is 5.11 Å². The van der Waals surface area contributed by atoms with Gasteiger partial charge in [-0.2, -0.15) is 0 Å². The molecule has 1 rings (SSSR count). The first-order valence-corrected chi connectivity index (χ1v) is 6.10. The van der Waals surface area contributed by atoms with E-state index in [0.717, 1.165) is 6.54 Å². The minimum Gasteiger partial charge on any atom is -0.396 e. The largest absolute Gasteiger partial charge is 0.396 e. The molecule has 2 nitrogen and oxygen atoms in total. The third-order valence-electron chi connectivity index (χ3n) is 3.46. The quantitative estimate of drug-likeness (QED) is 0.629. The van der Waals surface area contributed by atoms with E-state index in [1.54, 1.807) is 0 Å². The molecule has 1 aliphatic rings. The van der Waals surface area contributed by atoms with E-state index in [0.29, 0.717) is 12.6 Å². The summed E-state index contributed by atoms with van der Waals surface area (Å²) in [6, 6.07) is 0.666. The van der Waals surface area contributed by atoms with E-state index < -0.39 is 0 Å². The Balaban J connectivity index is 2.13. The molecule has 0 radical (unpaired) electrons. The van der Waals surface area contributed by atoms with Crippen molar-refractivity contribution in [1.82, 2.24) is 5.32 Å². The molecule has 1 unspecified atom stereocenters. The molecular weight excluding hydrogens is 174 g/mol. The highest BCUT2D eigenvalue weighted by atomic mass is 16.3.